The van der Waals surface area contributed by atoms with Gasteiger partial charge < -0.3 is 9.47 Å². The molecule has 0 aliphatic rings. The van der Waals surface area contributed by atoms with E-state index in [1.807, 2.05) is 34.6 Å². The molecule has 6 heteroatoms. The fourth-order valence-electron chi connectivity index (χ4n) is 1.46. The van der Waals surface area contributed by atoms with Crippen LogP contribution in [0.3, 0.4) is 0 Å². The predicted molar refractivity (Wildman–Crippen MR) is 71.0 cm³/mol. The maximum atomic E-state index is 11.9. The average Bonchev–Trinajstić information content (AvgIpc) is 2.57. The third-order valence-electron chi connectivity index (χ3n) is 2.33. The maximum absolute atomic E-state index is 11.9. The molecule has 0 N–H and O–H groups in total. The van der Waals surface area contributed by atoms with Gasteiger partial charge in [0.25, 0.3) is 0 Å². The third-order valence-corrected chi connectivity index (χ3v) is 2.33. The van der Waals surface area contributed by atoms with Crippen LogP contribution in [0.15, 0.2) is 0 Å². The minimum atomic E-state index is -0.534. The van der Waals surface area contributed by atoms with Gasteiger partial charge in [-0.1, -0.05) is 5.21 Å². The number of hydrogen-bond donors (Lipinski definition) is 0. The van der Waals surface area contributed by atoms with Crippen LogP contribution < -0.4 is 0 Å². The van der Waals surface area contributed by atoms with Gasteiger partial charge in [-0.05, 0) is 41.5 Å². The van der Waals surface area contributed by atoms with E-state index in [0.717, 1.165) is 0 Å². The highest BCUT2D eigenvalue weighted by molar-refractivity contribution is 5.88. The summed E-state index contributed by atoms with van der Waals surface area (Å²) >= 11 is 0. The summed E-state index contributed by atoms with van der Waals surface area (Å²) in [4.78, 5) is 11.9. The Morgan fingerprint density at radius 1 is 1.37 bits per heavy atom. The highest BCUT2D eigenvalue weighted by Crippen LogP contribution is 2.13. The van der Waals surface area contributed by atoms with Crippen LogP contribution in [0.4, 0.5) is 0 Å². The molecule has 1 rings (SSSR count). The number of hydrogen-bond acceptors (Lipinski definition) is 5. The van der Waals surface area contributed by atoms with Crippen LogP contribution in [0, 0.1) is 6.92 Å². The molecule has 0 amide bonds. The van der Waals surface area contributed by atoms with E-state index in [1.165, 1.54) is 0 Å². The van der Waals surface area contributed by atoms with E-state index in [4.69, 9.17) is 9.47 Å². The van der Waals surface area contributed by atoms with Gasteiger partial charge in [-0.25, -0.2) is 9.48 Å². The highest BCUT2D eigenvalue weighted by Gasteiger charge is 2.23. The van der Waals surface area contributed by atoms with Gasteiger partial charge in [0.15, 0.2) is 5.69 Å². The summed E-state index contributed by atoms with van der Waals surface area (Å²) in [5.74, 6) is -0.443. The number of carbonyl (C=O) groups excluding carboxylic acids is 1. The van der Waals surface area contributed by atoms with Crippen molar-refractivity contribution in [1.29, 1.82) is 0 Å². The Hall–Kier alpha value is -1.43. The molecule has 0 saturated heterocycles. The molecule has 0 bridgehead atoms. The van der Waals surface area contributed by atoms with Crippen LogP contribution in [-0.4, -0.2) is 39.3 Å². The molecule has 0 aromatic carbocycles. The van der Waals surface area contributed by atoms with Gasteiger partial charge >= 0.3 is 5.97 Å². The Labute approximate surface area is 114 Å². The predicted octanol–water partition coefficient (Wildman–Crippen LogP) is 1.97. The molecule has 1 aromatic rings. The van der Waals surface area contributed by atoms with Crippen LogP contribution >= 0.6 is 0 Å². The van der Waals surface area contributed by atoms with Crippen molar-refractivity contribution in [3.8, 4) is 0 Å². The van der Waals surface area contributed by atoms with Crippen molar-refractivity contribution in [1.82, 2.24) is 15.0 Å². The molecule has 0 aliphatic carbocycles. The Morgan fingerprint density at radius 3 is 2.53 bits per heavy atom. The Bertz CT molecular complexity index is 433. The molecular formula is C13H23N3O3. The first-order chi connectivity index (χ1) is 8.70. The van der Waals surface area contributed by atoms with E-state index in [-0.39, 0.29) is 11.8 Å². The van der Waals surface area contributed by atoms with Crippen LogP contribution in [0.25, 0.3) is 0 Å². The Morgan fingerprint density at radius 2 is 2.00 bits per heavy atom. The summed E-state index contributed by atoms with van der Waals surface area (Å²) in [6, 6.07) is 0. The number of ether oxygens (including phenoxy) is 2. The first kappa shape index (κ1) is 15.6. The summed E-state index contributed by atoms with van der Waals surface area (Å²) in [5.41, 5.74) is 0.426. The zero-order valence-corrected chi connectivity index (χ0v) is 12.6. The first-order valence-electron chi connectivity index (χ1n) is 6.45. The molecule has 1 aromatic heterocycles. The molecule has 0 atom stereocenters. The van der Waals surface area contributed by atoms with E-state index in [0.29, 0.717) is 18.8 Å². The minimum absolute atomic E-state index is 0.175. The van der Waals surface area contributed by atoms with Crippen LogP contribution in [-0.2, 0) is 16.0 Å². The smallest absolute Gasteiger partial charge is 0.361 e. The van der Waals surface area contributed by atoms with Crippen molar-refractivity contribution in [2.45, 2.75) is 59.8 Å². The summed E-state index contributed by atoms with van der Waals surface area (Å²) in [6.45, 7) is 12.3. The number of esters is 1. The first-order valence-corrected chi connectivity index (χ1v) is 6.45. The summed E-state index contributed by atoms with van der Waals surface area (Å²) in [5, 5.41) is 7.83. The van der Waals surface area contributed by atoms with Gasteiger partial charge in [-0.15, -0.1) is 5.10 Å². The van der Waals surface area contributed by atoms with Crippen molar-refractivity contribution >= 4 is 5.97 Å². The Balaban J connectivity index is 2.67. The molecule has 0 unspecified atom stereocenters. The fourth-order valence-corrected chi connectivity index (χ4v) is 1.46. The van der Waals surface area contributed by atoms with Gasteiger partial charge in [0.05, 0.1) is 24.9 Å². The lowest BCUT2D eigenvalue weighted by Crippen LogP contribution is -2.24. The number of aromatic nitrogens is 3. The second-order valence-electron chi connectivity index (χ2n) is 5.67. The summed E-state index contributed by atoms with van der Waals surface area (Å²) in [7, 11) is 0. The van der Waals surface area contributed by atoms with Crippen molar-refractivity contribution in [2.75, 3.05) is 6.61 Å². The van der Waals surface area contributed by atoms with E-state index in [2.05, 4.69) is 10.3 Å². The molecule has 108 valence electrons. The van der Waals surface area contributed by atoms with E-state index in [1.54, 1.807) is 11.6 Å². The van der Waals surface area contributed by atoms with Crippen LogP contribution in [0.5, 0.6) is 0 Å². The topological polar surface area (TPSA) is 66.2 Å². The molecule has 19 heavy (non-hydrogen) atoms. The zero-order valence-electron chi connectivity index (χ0n) is 12.6. The molecule has 0 fully saturated rings. The minimum Gasteiger partial charge on any atom is -0.455 e. The molecule has 0 aliphatic heterocycles. The molecule has 1 heterocycles. The van der Waals surface area contributed by atoms with Gasteiger partial charge in [-0.3, -0.25) is 0 Å². The van der Waals surface area contributed by atoms with Gasteiger partial charge in [0.1, 0.15) is 5.60 Å². The van der Waals surface area contributed by atoms with Crippen molar-refractivity contribution in [2.24, 2.45) is 0 Å². The average molecular weight is 269 g/mol. The zero-order chi connectivity index (χ0) is 14.6. The monoisotopic (exact) mass is 269 g/mol. The van der Waals surface area contributed by atoms with Crippen molar-refractivity contribution < 1.29 is 14.3 Å². The van der Waals surface area contributed by atoms with Gasteiger partial charge in [-0.2, -0.15) is 0 Å². The number of nitrogens with zero attached hydrogens (tertiary/aromatic N) is 3. The SMILES string of the molecule is Cc1c(C(=O)OC(C)(C)C)nnn1CCOC(C)C. The second kappa shape index (κ2) is 6.14. The lowest BCUT2D eigenvalue weighted by atomic mass is 10.2. The third kappa shape index (κ3) is 4.98. The maximum Gasteiger partial charge on any atom is 0.361 e. The lowest BCUT2D eigenvalue weighted by Gasteiger charge is -2.18. The lowest BCUT2D eigenvalue weighted by molar-refractivity contribution is 0.00616. The van der Waals surface area contributed by atoms with E-state index < -0.39 is 11.6 Å². The summed E-state index contributed by atoms with van der Waals surface area (Å²) < 4.78 is 12.4. The van der Waals surface area contributed by atoms with Crippen LogP contribution in [0.1, 0.15) is 50.8 Å². The molecule has 0 spiro atoms. The van der Waals surface area contributed by atoms with Gasteiger partial charge in [0.2, 0.25) is 0 Å². The normalized spacial score (nSPS) is 11.9. The van der Waals surface area contributed by atoms with Gasteiger partial charge in [0, 0.05) is 0 Å². The van der Waals surface area contributed by atoms with Crippen molar-refractivity contribution in [3.05, 3.63) is 11.4 Å². The fraction of sp³-hybridized carbons (Fsp3) is 0.769. The van der Waals surface area contributed by atoms with E-state index in [9.17, 15) is 4.79 Å². The largest absolute Gasteiger partial charge is 0.455 e. The molecule has 0 saturated carbocycles. The van der Waals surface area contributed by atoms with Crippen molar-refractivity contribution in [3.63, 3.8) is 0 Å². The molecule has 0 radical (unpaired) electrons. The highest BCUT2D eigenvalue weighted by atomic mass is 16.6. The summed E-state index contributed by atoms with van der Waals surface area (Å²) in [6.07, 6.45) is 0.175. The van der Waals surface area contributed by atoms with Crippen LogP contribution in [0.2, 0.25) is 0 Å². The standard InChI is InChI=1S/C13H23N3O3/c1-9(2)18-8-7-16-10(3)11(14-15-16)12(17)19-13(4,5)6/h9H,7-8H2,1-6H3. The number of carbonyl (C=O) groups is 1. The second-order valence-corrected chi connectivity index (χ2v) is 5.67. The molecular weight excluding hydrogens is 246 g/mol. The van der Waals surface area contributed by atoms with E-state index >= 15 is 0 Å². The molecule has 6 nitrogen and oxygen atoms in total. The Kier molecular flexibility index (Phi) is 5.05. The number of rotatable bonds is 5. The quantitative estimate of drug-likeness (QED) is 0.764.